The third kappa shape index (κ3) is 4.78. The van der Waals surface area contributed by atoms with E-state index in [4.69, 9.17) is 5.10 Å². The minimum absolute atomic E-state index is 0.000237. The Bertz CT molecular complexity index is 1270. The number of benzene rings is 1. The van der Waals surface area contributed by atoms with E-state index in [-0.39, 0.29) is 35.1 Å². The number of thioether (sulfide) groups is 1. The van der Waals surface area contributed by atoms with Crippen molar-refractivity contribution >= 4 is 40.7 Å². The van der Waals surface area contributed by atoms with Gasteiger partial charge in [-0.1, -0.05) is 44.5 Å². The van der Waals surface area contributed by atoms with E-state index in [0.717, 1.165) is 41.2 Å². The minimum Gasteiger partial charge on any atom is -0.352 e. The molecule has 0 radical (unpaired) electrons. The van der Waals surface area contributed by atoms with Crippen molar-refractivity contribution in [2.24, 2.45) is 0 Å². The molecule has 1 N–H and O–H groups in total. The van der Waals surface area contributed by atoms with Crippen LogP contribution in [0.5, 0.6) is 0 Å². The summed E-state index contributed by atoms with van der Waals surface area (Å²) < 4.78 is 1.92. The number of carbonyl (C=O) groups excluding carboxylic acids is 2. The number of thiophene rings is 1. The number of aryl methyl sites for hydroxylation is 2. The third-order valence-corrected chi connectivity index (χ3v) is 8.75. The fraction of sp³-hybridized carbons (Fsp3) is 0.444. The number of fused-ring (bicyclic) bond motifs is 1. The molecule has 2 aromatic heterocycles. The van der Waals surface area contributed by atoms with E-state index >= 15 is 0 Å². The monoisotopic (exact) mass is 508 g/mol. The molecule has 8 heteroatoms. The van der Waals surface area contributed by atoms with Crippen LogP contribution in [0.15, 0.2) is 35.7 Å². The van der Waals surface area contributed by atoms with Gasteiger partial charge < -0.3 is 5.32 Å². The maximum atomic E-state index is 13.6. The largest absolute Gasteiger partial charge is 0.352 e. The van der Waals surface area contributed by atoms with Crippen LogP contribution < -0.4 is 10.2 Å². The van der Waals surface area contributed by atoms with Crippen LogP contribution in [0.4, 0.5) is 5.82 Å². The van der Waals surface area contributed by atoms with Crippen LogP contribution in [0.25, 0.3) is 5.69 Å². The highest BCUT2D eigenvalue weighted by Crippen LogP contribution is 2.49. The van der Waals surface area contributed by atoms with E-state index in [2.05, 4.69) is 75.6 Å². The summed E-state index contributed by atoms with van der Waals surface area (Å²) in [6.07, 6.45) is 2.02. The molecule has 0 spiro atoms. The van der Waals surface area contributed by atoms with Gasteiger partial charge in [0.1, 0.15) is 12.4 Å². The maximum Gasteiger partial charge on any atom is 0.240 e. The molecule has 2 aliphatic rings. The quantitative estimate of drug-likeness (QED) is 0.508. The lowest BCUT2D eigenvalue weighted by atomic mass is 9.88. The van der Waals surface area contributed by atoms with Crippen LogP contribution in [0, 0.1) is 13.8 Å². The van der Waals surface area contributed by atoms with Gasteiger partial charge in [-0.15, -0.1) is 23.1 Å². The van der Waals surface area contributed by atoms with Crippen molar-refractivity contribution in [2.75, 3.05) is 17.2 Å². The molecule has 0 saturated heterocycles. The van der Waals surface area contributed by atoms with Gasteiger partial charge in [-0.3, -0.25) is 14.5 Å². The van der Waals surface area contributed by atoms with Gasteiger partial charge in [0.25, 0.3) is 0 Å². The molecule has 0 unspecified atom stereocenters. The van der Waals surface area contributed by atoms with Crippen molar-refractivity contribution in [3.05, 3.63) is 63.0 Å². The van der Waals surface area contributed by atoms with Crippen molar-refractivity contribution in [1.82, 2.24) is 15.1 Å². The highest BCUT2D eigenvalue weighted by atomic mass is 32.2. The van der Waals surface area contributed by atoms with E-state index in [1.165, 1.54) is 10.4 Å². The zero-order chi connectivity index (χ0) is 24.9. The number of carbonyl (C=O) groups is 2. The van der Waals surface area contributed by atoms with Crippen LogP contribution >= 0.6 is 23.1 Å². The molecule has 2 amide bonds. The van der Waals surface area contributed by atoms with Gasteiger partial charge in [0, 0.05) is 21.9 Å². The molecule has 35 heavy (non-hydrogen) atoms. The summed E-state index contributed by atoms with van der Waals surface area (Å²) in [4.78, 5) is 29.4. The first kappa shape index (κ1) is 24.1. The molecule has 0 bridgehead atoms. The molecule has 5 rings (SSSR count). The number of hydrogen-bond acceptors (Lipinski definition) is 5. The Morgan fingerprint density at radius 2 is 1.97 bits per heavy atom. The van der Waals surface area contributed by atoms with Crippen LogP contribution in [0.1, 0.15) is 66.1 Å². The summed E-state index contributed by atoms with van der Waals surface area (Å²) in [6, 6.07) is 10.7. The second-order valence-corrected chi connectivity index (χ2v) is 12.6. The second kappa shape index (κ2) is 9.13. The molecule has 1 fully saturated rings. The van der Waals surface area contributed by atoms with Crippen molar-refractivity contribution in [3.63, 3.8) is 0 Å². The maximum absolute atomic E-state index is 13.6. The molecular formula is C27H32N4O2S2. The normalized spacial score (nSPS) is 18.4. The lowest BCUT2D eigenvalue weighted by molar-refractivity contribution is -0.123. The van der Waals surface area contributed by atoms with Gasteiger partial charge >= 0.3 is 0 Å². The summed E-state index contributed by atoms with van der Waals surface area (Å²) in [7, 11) is 0. The standard InChI is InChI=1S/C27H32N4O2S2/c1-16-8-11-19(17(2)13-16)31-26-23(25(29-31)27(3,4)5)24(20-7-6-12-34-20)35-15-22(33)30(26)14-21(32)28-18-9-10-18/h6-8,11-13,18,24H,9-10,14-15H2,1-5H3,(H,28,32)/t24-/m0/s1. The number of anilines is 1. The number of amides is 2. The lowest BCUT2D eigenvalue weighted by Crippen LogP contribution is -2.43. The summed E-state index contributed by atoms with van der Waals surface area (Å²) in [5.41, 5.74) is 4.93. The van der Waals surface area contributed by atoms with Gasteiger partial charge in [-0.05, 0) is 49.8 Å². The predicted octanol–water partition coefficient (Wildman–Crippen LogP) is 5.30. The van der Waals surface area contributed by atoms with E-state index < -0.39 is 0 Å². The topological polar surface area (TPSA) is 67.2 Å². The molecule has 6 nitrogen and oxygen atoms in total. The number of nitrogens with one attached hydrogen (secondary N) is 1. The SMILES string of the molecule is Cc1ccc(-n2nc(C(C)(C)C)c3c2N(CC(=O)NC2CC2)C(=O)CS[C@H]3c2cccs2)c(C)c1. The molecule has 1 saturated carbocycles. The highest BCUT2D eigenvalue weighted by molar-refractivity contribution is 8.00. The average molecular weight is 509 g/mol. The molecule has 1 aromatic carbocycles. The van der Waals surface area contributed by atoms with Crippen LogP contribution in [0.2, 0.25) is 0 Å². The van der Waals surface area contributed by atoms with E-state index in [1.54, 1.807) is 28.0 Å². The number of rotatable bonds is 5. The fourth-order valence-electron chi connectivity index (χ4n) is 4.59. The highest BCUT2D eigenvalue weighted by Gasteiger charge is 2.40. The molecule has 1 aliphatic heterocycles. The van der Waals surface area contributed by atoms with Gasteiger partial charge in [0.2, 0.25) is 11.8 Å². The summed E-state index contributed by atoms with van der Waals surface area (Å²) >= 11 is 3.33. The molecule has 3 aromatic rings. The zero-order valence-corrected chi connectivity index (χ0v) is 22.6. The van der Waals surface area contributed by atoms with Crippen molar-refractivity contribution in [1.29, 1.82) is 0 Å². The first-order valence-corrected chi connectivity index (χ1v) is 14.0. The van der Waals surface area contributed by atoms with Gasteiger partial charge in [-0.2, -0.15) is 5.10 Å². The van der Waals surface area contributed by atoms with Crippen molar-refractivity contribution < 1.29 is 9.59 Å². The lowest BCUT2D eigenvalue weighted by Gasteiger charge is -2.24. The van der Waals surface area contributed by atoms with Gasteiger partial charge in [0.05, 0.1) is 22.4 Å². The van der Waals surface area contributed by atoms with Crippen molar-refractivity contribution in [2.45, 2.75) is 64.2 Å². The Kier molecular flexibility index (Phi) is 6.30. The predicted molar refractivity (Wildman–Crippen MR) is 144 cm³/mol. The van der Waals surface area contributed by atoms with E-state index in [1.807, 2.05) is 4.68 Å². The van der Waals surface area contributed by atoms with E-state index in [0.29, 0.717) is 5.75 Å². The van der Waals surface area contributed by atoms with Crippen LogP contribution in [0.3, 0.4) is 0 Å². The summed E-state index contributed by atoms with van der Waals surface area (Å²) in [6.45, 7) is 10.6. The van der Waals surface area contributed by atoms with Crippen LogP contribution in [-0.4, -0.2) is 39.9 Å². The Hall–Kier alpha value is -2.58. The Morgan fingerprint density at radius 3 is 2.60 bits per heavy atom. The van der Waals surface area contributed by atoms with E-state index in [9.17, 15) is 9.59 Å². The smallest absolute Gasteiger partial charge is 0.240 e. The Morgan fingerprint density at radius 1 is 1.20 bits per heavy atom. The molecule has 1 atom stereocenters. The Balaban J connectivity index is 1.75. The number of aromatic nitrogens is 2. The summed E-state index contributed by atoms with van der Waals surface area (Å²) in [5.74, 6) is 0.857. The molecular weight excluding hydrogens is 476 g/mol. The molecule has 3 heterocycles. The Labute approximate surface area is 215 Å². The minimum atomic E-state index is -0.251. The third-order valence-electron chi connectivity index (χ3n) is 6.43. The first-order valence-electron chi connectivity index (χ1n) is 12.1. The zero-order valence-electron chi connectivity index (χ0n) is 20.9. The summed E-state index contributed by atoms with van der Waals surface area (Å²) in [5, 5.41) is 10.3. The fourth-order valence-corrected chi connectivity index (χ4v) is 6.77. The molecule has 1 aliphatic carbocycles. The van der Waals surface area contributed by atoms with Crippen LogP contribution in [-0.2, 0) is 15.0 Å². The van der Waals surface area contributed by atoms with Crippen molar-refractivity contribution in [3.8, 4) is 5.69 Å². The number of hydrogen-bond donors (Lipinski definition) is 1. The first-order chi connectivity index (χ1) is 16.6. The second-order valence-electron chi connectivity index (χ2n) is 10.6. The van der Waals surface area contributed by atoms with Gasteiger partial charge in [0.15, 0.2) is 0 Å². The van der Waals surface area contributed by atoms with Gasteiger partial charge in [-0.25, -0.2) is 4.68 Å². The molecule has 184 valence electrons. The number of nitrogens with zero attached hydrogens (tertiary/aromatic N) is 3. The average Bonchev–Trinajstić information content (AvgIpc) is 3.30.